The van der Waals surface area contributed by atoms with Crippen LogP contribution in [0.1, 0.15) is 4.88 Å². The summed E-state index contributed by atoms with van der Waals surface area (Å²) in [5, 5.41) is 17.2. The number of hydrogen-bond donors (Lipinski definition) is 2. The number of carbonyl (C=O) groups is 1. The monoisotopic (exact) mass is 406 g/mol. The average Bonchev–Trinajstić information content (AvgIpc) is 3.33. The molecule has 9 heteroatoms. The Balaban J connectivity index is 1.39. The highest BCUT2D eigenvalue weighted by Gasteiger charge is 2.08. The van der Waals surface area contributed by atoms with Crippen LogP contribution < -0.4 is 15.4 Å². The summed E-state index contributed by atoms with van der Waals surface area (Å²) in [4.78, 5) is 13.4. The molecule has 0 unspecified atom stereocenters. The first kappa shape index (κ1) is 18.7. The summed E-state index contributed by atoms with van der Waals surface area (Å²) in [5.41, 5.74) is 0.740. The maximum atomic E-state index is 12.0. The van der Waals surface area contributed by atoms with E-state index in [0.29, 0.717) is 0 Å². The van der Waals surface area contributed by atoms with Crippen molar-refractivity contribution in [3.8, 4) is 5.75 Å². The van der Waals surface area contributed by atoms with E-state index in [9.17, 15) is 4.79 Å². The number of methoxy groups -OCH3 is 1. The predicted molar refractivity (Wildman–Crippen MR) is 109 cm³/mol. The molecule has 26 heavy (non-hydrogen) atoms. The Kier molecular flexibility index (Phi) is 6.87. The summed E-state index contributed by atoms with van der Waals surface area (Å²) in [5.74, 6) is 0.962. The van der Waals surface area contributed by atoms with E-state index in [4.69, 9.17) is 4.74 Å². The van der Waals surface area contributed by atoms with E-state index in [1.54, 1.807) is 18.4 Å². The van der Waals surface area contributed by atoms with Gasteiger partial charge in [-0.1, -0.05) is 29.2 Å². The van der Waals surface area contributed by atoms with Crippen molar-refractivity contribution in [1.29, 1.82) is 0 Å². The Labute approximate surface area is 164 Å². The van der Waals surface area contributed by atoms with Crippen LogP contribution >= 0.6 is 34.4 Å². The van der Waals surface area contributed by atoms with Gasteiger partial charge < -0.3 is 15.4 Å². The molecule has 2 heterocycles. The molecule has 0 saturated heterocycles. The van der Waals surface area contributed by atoms with Crippen molar-refractivity contribution in [1.82, 2.24) is 10.2 Å². The molecule has 1 aromatic carbocycles. The van der Waals surface area contributed by atoms with Crippen LogP contribution in [0.15, 0.2) is 46.1 Å². The van der Waals surface area contributed by atoms with Gasteiger partial charge in [-0.2, -0.15) is 0 Å². The van der Waals surface area contributed by atoms with Crippen molar-refractivity contribution >= 4 is 51.2 Å². The zero-order valence-electron chi connectivity index (χ0n) is 14.1. The van der Waals surface area contributed by atoms with Crippen molar-refractivity contribution in [2.24, 2.45) is 0 Å². The van der Waals surface area contributed by atoms with Gasteiger partial charge >= 0.3 is 0 Å². The highest BCUT2D eigenvalue weighted by molar-refractivity contribution is 8.01. The van der Waals surface area contributed by atoms with Crippen molar-refractivity contribution < 1.29 is 9.53 Å². The topological polar surface area (TPSA) is 76.1 Å². The molecule has 0 atom stereocenters. The van der Waals surface area contributed by atoms with Crippen LogP contribution in [0.3, 0.4) is 0 Å². The molecule has 3 aromatic rings. The first-order chi connectivity index (χ1) is 12.7. The third kappa shape index (κ3) is 5.72. The molecular formula is C17H18N4O2S3. The number of anilines is 2. The number of rotatable bonds is 9. The molecule has 0 saturated carbocycles. The minimum atomic E-state index is -0.0810. The van der Waals surface area contributed by atoms with E-state index >= 15 is 0 Å². The maximum Gasteiger partial charge on any atom is 0.234 e. The summed E-state index contributed by atoms with van der Waals surface area (Å²) >= 11 is 4.59. The number of thiophene rings is 1. The Morgan fingerprint density at radius 2 is 2.08 bits per heavy atom. The van der Waals surface area contributed by atoms with Crippen LogP contribution in [0.5, 0.6) is 5.75 Å². The van der Waals surface area contributed by atoms with E-state index in [0.717, 1.165) is 33.9 Å². The first-order valence-electron chi connectivity index (χ1n) is 7.89. The smallest absolute Gasteiger partial charge is 0.234 e. The molecule has 2 N–H and O–H groups in total. The van der Waals surface area contributed by atoms with E-state index in [-0.39, 0.29) is 11.7 Å². The number of hydrogen-bond acceptors (Lipinski definition) is 8. The molecule has 6 nitrogen and oxygen atoms in total. The van der Waals surface area contributed by atoms with E-state index < -0.39 is 0 Å². The number of aromatic nitrogens is 2. The van der Waals surface area contributed by atoms with Crippen LogP contribution in [0.2, 0.25) is 0 Å². The Hall–Kier alpha value is -2.10. The normalized spacial score (nSPS) is 10.5. The third-order valence-corrected chi connectivity index (χ3v) is 6.29. The minimum absolute atomic E-state index is 0.0810. The van der Waals surface area contributed by atoms with E-state index in [2.05, 4.69) is 38.3 Å². The molecule has 0 radical (unpaired) electrons. The summed E-state index contributed by atoms with van der Waals surface area (Å²) in [6.07, 6.45) is 0.962. The second-order valence-electron chi connectivity index (χ2n) is 5.19. The van der Waals surface area contributed by atoms with Gasteiger partial charge in [-0.3, -0.25) is 4.79 Å². The van der Waals surface area contributed by atoms with Gasteiger partial charge in [-0.25, -0.2) is 0 Å². The van der Waals surface area contributed by atoms with Gasteiger partial charge in [0, 0.05) is 17.1 Å². The van der Waals surface area contributed by atoms with E-state index in [1.165, 1.54) is 28.0 Å². The quantitative estimate of drug-likeness (QED) is 0.523. The van der Waals surface area contributed by atoms with E-state index in [1.807, 2.05) is 24.3 Å². The predicted octanol–water partition coefficient (Wildman–Crippen LogP) is 3.99. The van der Waals surface area contributed by atoms with Crippen LogP contribution in [0.4, 0.5) is 10.8 Å². The van der Waals surface area contributed by atoms with Crippen LogP contribution in [-0.2, 0) is 11.2 Å². The molecule has 2 aromatic heterocycles. The third-order valence-electron chi connectivity index (χ3n) is 3.33. The summed E-state index contributed by atoms with van der Waals surface area (Å²) < 4.78 is 5.87. The fourth-order valence-corrected chi connectivity index (χ4v) is 4.37. The van der Waals surface area contributed by atoms with Gasteiger partial charge in [-0.15, -0.1) is 21.5 Å². The van der Waals surface area contributed by atoms with Crippen molar-refractivity contribution in [3.05, 3.63) is 46.7 Å². The Morgan fingerprint density at radius 1 is 1.23 bits per heavy atom. The van der Waals surface area contributed by atoms with Crippen LogP contribution in [0, 0.1) is 0 Å². The lowest BCUT2D eigenvalue weighted by Crippen LogP contribution is -2.13. The van der Waals surface area contributed by atoms with Gasteiger partial charge in [0.1, 0.15) is 5.75 Å². The highest BCUT2D eigenvalue weighted by Crippen LogP contribution is 2.25. The SMILES string of the molecule is COc1ccc(NC(=O)CSc2nnc(NCCc3cccs3)s2)cc1. The van der Waals surface area contributed by atoms with Crippen LogP contribution in [-0.4, -0.2) is 35.5 Å². The molecule has 3 rings (SSSR count). The second-order valence-corrected chi connectivity index (χ2v) is 8.43. The number of amides is 1. The van der Waals surface area contributed by atoms with Gasteiger partial charge in [0.25, 0.3) is 0 Å². The van der Waals surface area contributed by atoms with Crippen molar-refractivity contribution in [3.63, 3.8) is 0 Å². The molecule has 0 aliphatic heterocycles. The largest absolute Gasteiger partial charge is 0.497 e. The summed E-state index contributed by atoms with van der Waals surface area (Å²) in [6, 6.07) is 11.4. The van der Waals surface area contributed by atoms with Gasteiger partial charge in [0.2, 0.25) is 11.0 Å². The molecule has 136 valence electrons. The average molecular weight is 407 g/mol. The summed E-state index contributed by atoms with van der Waals surface area (Å²) in [6.45, 7) is 0.817. The zero-order valence-corrected chi connectivity index (χ0v) is 16.5. The number of carbonyl (C=O) groups excluding carboxylic acids is 1. The Bertz CT molecular complexity index is 819. The van der Waals surface area contributed by atoms with Gasteiger partial charge in [0.15, 0.2) is 4.34 Å². The fraction of sp³-hybridized carbons (Fsp3) is 0.235. The lowest BCUT2D eigenvalue weighted by molar-refractivity contribution is -0.113. The summed E-state index contributed by atoms with van der Waals surface area (Å²) in [7, 11) is 1.61. The first-order valence-corrected chi connectivity index (χ1v) is 10.6. The lowest BCUT2D eigenvalue weighted by atomic mass is 10.3. The maximum absolute atomic E-state index is 12.0. The van der Waals surface area contributed by atoms with Crippen molar-refractivity contribution in [2.75, 3.05) is 30.0 Å². The molecule has 0 spiro atoms. The molecule has 0 fully saturated rings. The van der Waals surface area contributed by atoms with Crippen molar-refractivity contribution in [2.45, 2.75) is 10.8 Å². The standard InChI is InChI=1S/C17H18N4O2S3/c1-23-13-6-4-12(5-7-13)19-15(22)11-25-17-21-20-16(26-17)18-9-8-14-3-2-10-24-14/h2-7,10H,8-9,11H2,1H3,(H,18,20)(H,19,22). The number of nitrogens with one attached hydrogen (secondary N) is 2. The number of benzene rings is 1. The molecule has 1 amide bonds. The highest BCUT2D eigenvalue weighted by atomic mass is 32.2. The number of nitrogens with zero attached hydrogens (tertiary/aromatic N) is 2. The molecule has 0 bridgehead atoms. The zero-order chi connectivity index (χ0) is 18.2. The number of ether oxygens (including phenoxy) is 1. The number of thioether (sulfide) groups is 1. The van der Waals surface area contributed by atoms with Crippen LogP contribution in [0.25, 0.3) is 0 Å². The minimum Gasteiger partial charge on any atom is -0.497 e. The molecule has 0 aliphatic carbocycles. The molecule has 0 aliphatic rings. The van der Waals surface area contributed by atoms with Gasteiger partial charge in [-0.05, 0) is 42.1 Å². The Morgan fingerprint density at radius 3 is 2.81 bits per heavy atom. The fourth-order valence-electron chi connectivity index (χ4n) is 2.09. The molecular weight excluding hydrogens is 388 g/mol. The lowest BCUT2D eigenvalue weighted by Gasteiger charge is -2.05. The van der Waals surface area contributed by atoms with Gasteiger partial charge in [0.05, 0.1) is 12.9 Å². The second kappa shape index (κ2) is 9.56.